The van der Waals surface area contributed by atoms with E-state index in [0.29, 0.717) is 0 Å². The minimum Gasteiger partial charge on any atom is -0.320 e. The van der Waals surface area contributed by atoms with Crippen LogP contribution in [-0.4, -0.2) is 25.5 Å². The molecule has 3 aromatic rings. The minimum atomic E-state index is 0.226. The van der Waals surface area contributed by atoms with Crippen LogP contribution in [-0.2, 0) is 7.05 Å². The van der Waals surface area contributed by atoms with E-state index >= 15 is 0 Å². The van der Waals surface area contributed by atoms with Gasteiger partial charge in [0.2, 0.25) is 0 Å². The topological polar surface area (TPSA) is 48.0 Å². The lowest BCUT2D eigenvalue weighted by molar-refractivity contribution is 0.541. The molecule has 160 valence electrons. The van der Waals surface area contributed by atoms with Crippen LogP contribution in [0.3, 0.4) is 0 Å². The third kappa shape index (κ3) is 4.29. The second-order valence-electron chi connectivity index (χ2n) is 7.54. The zero-order valence-corrected chi connectivity index (χ0v) is 19.2. The van der Waals surface area contributed by atoms with Crippen LogP contribution >= 0.6 is 23.4 Å². The number of imidazole rings is 1. The first kappa shape index (κ1) is 20.8. The molecule has 0 N–H and O–H groups in total. The molecule has 1 atom stereocenters. The second-order valence-corrected chi connectivity index (χ2v) is 9.04. The van der Waals surface area contributed by atoms with E-state index in [1.807, 2.05) is 59.7 Å². The predicted molar refractivity (Wildman–Crippen MR) is 132 cm³/mol. The zero-order valence-electron chi connectivity index (χ0n) is 17.6. The van der Waals surface area contributed by atoms with Crippen LogP contribution in [0.5, 0.6) is 0 Å². The lowest BCUT2D eigenvalue weighted by atomic mass is 10.0. The van der Waals surface area contributed by atoms with E-state index in [1.54, 1.807) is 11.8 Å². The highest BCUT2D eigenvalue weighted by molar-refractivity contribution is 7.99. The van der Waals surface area contributed by atoms with Gasteiger partial charge in [0, 0.05) is 35.6 Å². The van der Waals surface area contributed by atoms with E-state index in [0.717, 1.165) is 50.6 Å². The van der Waals surface area contributed by atoms with Gasteiger partial charge in [0.25, 0.3) is 0 Å². The molecule has 2 aliphatic rings. The molecule has 32 heavy (non-hydrogen) atoms. The van der Waals surface area contributed by atoms with E-state index in [9.17, 15) is 0 Å². The Balaban J connectivity index is 1.53. The van der Waals surface area contributed by atoms with E-state index in [4.69, 9.17) is 16.6 Å². The van der Waals surface area contributed by atoms with Crippen LogP contribution in [0.15, 0.2) is 94.1 Å². The number of rotatable bonds is 5. The highest BCUT2D eigenvalue weighted by Gasteiger charge is 2.22. The van der Waals surface area contributed by atoms with Crippen molar-refractivity contribution in [2.45, 2.75) is 28.8 Å². The van der Waals surface area contributed by atoms with Crippen molar-refractivity contribution in [1.82, 2.24) is 19.3 Å². The Morgan fingerprint density at radius 1 is 1.16 bits per heavy atom. The summed E-state index contributed by atoms with van der Waals surface area (Å²) in [4.78, 5) is 10.8. The van der Waals surface area contributed by atoms with Gasteiger partial charge >= 0.3 is 0 Å². The van der Waals surface area contributed by atoms with Crippen molar-refractivity contribution in [2.75, 3.05) is 0 Å². The van der Waals surface area contributed by atoms with Crippen LogP contribution in [0.4, 0.5) is 0 Å². The monoisotopic (exact) mass is 459 g/mol. The lowest BCUT2D eigenvalue weighted by Crippen LogP contribution is -2.08. The smallest absolute Gasteiger partial charge is 0.159 e. The second kappa shape index (κ2) is 9.18. The zero-order chi connectivity index (χ0) is 21.9. The van der Waals surface area contributed by atoms with E-state index in [-0.39, 0.29) is 6.04 Å². The van der Waals surface area contributed by atoms with E-state index in [1.165, 1.54) is 0 Å². The van der Waals surface area contributed by atoms with Crippen LogP contribution < -0.4 is 0 Å². The normalized spacial score (nSPS) is 17.9. The van der Waals surface area contributed by atoms with Crippen molar-refractivity contribution in [3.05, 3.63) is 95.7 Å². The van der Waals surface area contributed by atoms with Crippen molar-refractivity contribution in [3.8, 4) is 0 Å². The van der Waals surface area contributed by atoms with Crippen LogP contribution in [0, 0.1) is 0 Å². The lowest BCUT2D eigenvalue weighted by Gasteiger charge is -2.16. The molecular formula is C25H22ClN5S. The maximum atomic E-state index is 6.09. The third-order valence-corrected chi connectivity index (χ3v) is 6.82. The molecule has 7 heteroatoms. The third-order valence-electron chi connectivity index (χ3n) is 5.40. The van der Waals surface area contributed by atoms with Crippen LogP contribution in [0.2, 0.25) is 5.02 Å². The molecule has 1 unspecified atom stereocenters. The van der Waals surface area contributed by atoms with Gasteiger partial charge in [-0.2, -0.15) is 5.10 Å². The Morgan fingerprint density at radius 2 is 2.03 bits per heavy atom. The fourth-order valence-electron chi connectivity index (χ4n) is 3.73. The molecule has 0 spiro atoms. The first-order valence-corrected chi connectivity index (χ1v) is 11.7. The Hall–Kier alpha value is -3.09. The Bertz CT molecular complexity index is 1260. The number of benzene rings is 1. The molecule has 0 saturated heterocycles. The summed E-state index contributed by atoms with van der Waals surface area (Å²) in [5.74, 6) is 0.861. The van der Waals surface area contributed by atoms with Gasteiger partial charge in [-0.15, -0.1) is 0 Å². The predicted octanol–water partition coefficient (Wildman–Crippen LogP) is 6.38. The molecule has 2 aromatic heterocycles. The average Bonchev–Trinajstić information content (AvgIpc) is 3.37. The maximum Gasteiger partial charge on any atom is 0.159 e. The first-order valence-electron chi connectivity index (χ1n) is 10.5. The van der Waals surface area contributed by atoms with Crippen molar-refractivity contribution < 1.29 is 0 Å². The molecule has 1 aliphatic heterocycles. The molecule has 0 saturated carbocycles. The molecular weight excluding hydrogens is 438 g/mol. The minimum absolute atomic E-state index is 0.226. The summed E-state index contributed by atoms with van der Waals surface area (Å²) in [6.07, 6.45) is 20.1. The van der Waals surface area contributed by atoms with Gasteiger partial charge in [-0.1, -0.05) is 53.7 Å². The van der Waals surface area contributed by atoms with Crippen LogP contribution in [0.25, 0.3) is 11.3 Å². The molecule has 3 heterocycles. The number of halogens is 1. The van der Waals surface area contributed by atoms with E-state index in [2.05, 4.69) is 52.1 Å². The molecule has 0 fully saturated rings. The van der Waals surface area contributed by atoms with Crippen LogP contribution in [0.1, 0.15) is 30.4 Å². The molecule has 0 amide bonds. The van der Waals surface area contributed by atoms with Gasteiger partial charge in [-0.25, -0.2) is 4.98 Å². The fourth-order valence-corrected chi connectivity index (χ4v) is 4.84. The number of allylic oxidation sites excluding steroid dienone is 7. The summed E-state index contributed by atoms with van der Waals surface area (Å²) in [5, 5.41) is 6.18. The largest absolute Gasteiger partial charge is 0.320 e. The Labute approximate surface area is 196 Å². The van der Waals surface area contributed by atoms with Crippen molar-refractivity contribution in [2.24, 2.45) is 12.0 Å². The van der Waals surface area contributed by atoms with E-state index < -0.39 is 0 Å². The first-order chi connectivity index (χ1) is 15.7. The highest BCUT2D eigenvalue weighted by Crippen LogP contribution is 2.38. The quantitative estimate of drug-likeness (QED) is 0.445. The summed E-state index contributed by atoms with van der Waals surface area (Å²) < 4.78 is 4.12. The molecule has 5 nitrogen and oxygen atoms in total. The molecule has 5 rings (SSSR count). The van der Waals surface area contributed by atoms with Crippen molar-refractivity contribution in [3.63, 3.8) is 0 Å². The summed E-state index contributed by atoms with van der Waals surface area (Å²) in [6, 6.07) is 10.1. The number of hydrogen-bond acceptors (Lipinski definition) is 4. The van der Waals surface area contributed by atoms with Crippen molar-refractivity contribution >= 4 is 40.8 Å². The maximum absolute atomic E-state index is 6.09. The average molecular weight is 460 g/mol. The van der Waals surface area contributed by atoms with Gasteiger partial charge in [-0.05, 0) is 54.8 Å². The van der Waals surface area contributed by atoms with Gasteiger partial charge < -0.3 is 4.57 Å². The SMILES string of the molecule is Cn1c(C2=CCC=CC=N2)nc(C2=CCC(n3cccn3)C=C2)c1Sc1ccc(Cl)cc1. The molecule has 0 radical (unpaired) electrons. The van der Waals surface area contributed by atoms with Gasteiger partial charge in [-0.3, -0.25) is 9.67 Å². The summed E-state index contributed by atoms with van der Waals surface area (Å²) >= 11 is 7.78. The van der Waals surface area contributed by atoms with Gasteiger partial charge in [0.1, 0.15) is 16.4 Å². The molecule has 0 bridgehead atoms. The highest BCUT2D eigenvalue weighted by atomic mass is 35.5. The number of aliphatic imine (C=N–C) groups is 1. The summed E-state index contributed by atoms with van der Waals surface area (Å²) in [7, 11) is 2.05. The van der Waals surface area contributed by atoms with Gasteiger partial charge in [0.05, 0.1) is 6.04 Å². The number of nitrogens with zero attached hydrogens (tertiary/aromatic N) is 5. The molecule has 1 aliphatic carbocycles. The Kier molecular flexibility index (Phi) is 5.97. The van der Waals surface area contributed by atoms with Crippen molar-refractivity contribution in [1.29, 1.82) is 0 Å². The van der Waals surface area contributed by atoms with Gasteiger partial charge in [0.15, 0.2) is 5.82 Å². The summed E-state index contributed by atoms with van der Waals surface area (Å²) in [6.45, 7) is 0. The Morgan fingerprint density at radius 3 is 2.78 bits per heavy atom. The standard InChI is InChI=1S/C25H22ClN5S/c1-30-24(22-6-3-2-4-15-27-22)29-23(25(30)32-21-13-9-19(26)10-14-21)18-7-11-20(12-8-18)31-17-5-16-28-31/h2,4-11,13-17,20H,3,12H2,1H3. The number of hydrogen-bond donors (Lipinski definition) is 0. The fraction of sp³-hybridized carbons (Fsp3) is 0.160. The summed E-state index contributed by atoms with van der Waals surface area (Å²) in [5.41, 5.74) is 2.96. The molecule has 1 aromatic carbocycles. The number of aromatic nitrogens is 4.